The van der Waals surface area contributed by atoms with Crippen LogP contribution in [0.5, 0.6) is 0 Å². The van der Waals surface area contributed by atoms with Gasteiger partial charge < -0.3 is 9.88 Å². The van der Waals surface area contributed by atoms with Gasteiger partial charge in [-0.25, -0.2) is 4.98 Å². The first-order valence-electron chi connectivity index (χ1n) is 5.73. The number of aromatic nitrogens is 4. The van der Waals surface area contributed by atoms with E-state index < -0.39 is 0 Å². The molecule has 6 heteroatoms. The van der Waals surface area contributed by atoms with Crippen molar-refractivity contribution < 1.29 is 0 Å². The van der Waals surface area contributed by atoms with E-state index >= 15 is 0 Å². The largest absolute Gasteiger partial charge is 0.336 e. The Kier molecular flexibility index (Phi) is 3.86. The smallest absolute Gasteiger partial charge is 0.131 e. The summed E-state index contributed by atoms with van der Waals surface area (Å²) in [6.07, 6.45) is 4.87. The lowest BCUT2D eigenvalue weighted by Gasteiger charge is -2.16. The standard InChI is InChI=1S/C11H17N5S/c1-4-5-12-9(10-8(2)14-15-17-10)11-13-6-7-16(11)3/h6-7,9,12H,4-5H2,1-3H3. The summed E-state index contributed by atoms with van der Waals surface area (Å²) in [5, 5.41) is 7.58. The van der Waals surface area contributed by atoms with Crippen molar-refractivity contribution in [3.8, 4) is 0 Å². The Hall–Kier alpha value is -1.27. The minimum atomic E-state index is 0.0925. The van der Waals surface area contributed by atoms with Crippen LogP contribution in [-0.2, 0) is 7.05 Å². The summed E-state index contributed by atoms with van der Waals surface area (Å²) in [6.45, 7) is 5.09. The fourth-order valence-corrected chi connectivity index (χ4v) is 2.47. The predicted molar refractivity (Wildman–Crippen MR) is 68.0 cm³/mol. The molecule has 2 aromatic rings. The zero-order valence-corrected chi connectivity index (χ0v) is 11.2. The van der Waals surface area contributed by atoms with Crippen LogP contribution in [-0.4, -0.2) is 25.7 Å². The van der Waals surface area contributed by atoms with Gasteiger partial charge in [0.1, 0.15) is 11.9 Å². The molecule has 0 bridgehead atoms. The second-order valence-electron chi connectivity index (χ2n) is 4.01. The second-order valence-corrected chi connectivity index (χ2v) is 4.79. The Balaban J connectivity index is 2.32. The molecule has 0 radical (unpaired) electrons. The summed E-state index contributed by atoms with van der Waals surface area (Å²) in [7, 11) is 2.01. The fraction of sp³-hybridized carbons (Fsp3) is 0.545. The van der Waals surface area contributed by atoms with Crippen molar-refractivity contribution in [1.29, 1.82) is 0 Å². The molecule has 0 spiro atoms. The summed E-state index contributed by atoms with van der Waals surface area (Å²) in [6, 6.07) is 0.0925. The average molecular weight is 251 g/mol. The topological polar surface area (TPSA) is 55.6 Å². The van der Waals surface area contributed by atoms with Gasteiger partial charge in [0.25, 0.3) is 0 Å². The van der Waals surface area contributed by atoms with E-state index in [1.807, 2.05) is 30.9 Å². The molecule has 0 saturated carbocycles. The maximum Gasteiger partial charge on any atom is 0.131 e. The highest BCUT2D eigenvalue weighted by Gasteiger charge is 2.21. The van der Waals surface area contributed by atoms with E-state index in [4.69, 9.17) is 0 Å². The minimum Gasteiger partial charge on any atom is -0.336 e. The summed E-state index contributed by atoms with van der Waals surface area (Å²) in [5.41, 5.74) is 0.978. The highest BCUT2D eigenvalue weighted by atomic mass is 32.1. The number of hydrogen-bond donors (Lipinski definition) is 1. The molecule has 0 aliphatic rings. The highest BCUT2D eigenvalue weighted by molar-refractivity contribution is 7.05. The maximum absolute atomic E-state index is 4.42. The van der Waals surface area contributed by atoms with Gasteiger partial charge in [0.05, 0.1) is 10.6 Å². The first kappa shape index (κ1) is 12.2. The van der Waals surface area contributed by atoms with Crippen LogP contribution in [0.15, 0.2) is 12.4 Å². The quantitative estimate of drug-likeness (QED) is 0.878. The zero-order valence-electron chi connectivity index (χ0n) is 10.3. The van der Waals surface area contributed by atoms with Gasteiger partial charge in [-0.2, -0.15) is 0 Å². The Morgan fingerprint density at radius 3 is 2.88 bits per heavy atom. The van der Waals surface area contributed by atoms with Crippen molar-refractivity contribution in [2.45, 2.75) is 26.3 Å². The van der Waals surface area contributed by atoms with E-state index in [9.17, 15) is 0 Å². The maximum atomic E-state index is 4.42. The average Bonchev–Trinajstić information content (AvgIpc) is 2.90. The fourth-order valence-electron chi connectivity index (χ4n) is 1.75. The third-order valence-corrected chi connectivity index (χ3v) is 3.55. The van der Waals surface area contributed by atoms with Crippen LogP contribution in [0.3, 0.4) is 0 Å². The molecule has 17 heavy (non-hydrogen) atoms. The van der Waals surface area contributed by atoms with E-state index in [-0.39, 0.29) is 6.04 Å². The Labute approximate surface area is 105 Å². The lowest BCUT2D eigenvalue weighted by atomic mass is 10.2. The van der Waals surface area contributed by atoms with Gasteiger partial charge in [-0.3, -0.25) is 0 Å². The van der Waals surface area contributed by atoms with Gasteiger partial charge in [-0.15, -0.1) is 5.10 Å². The molecule has 1 N–H and O–H groups in total. The summed E-state index contributed by atoms with van der Waals surface area (Å²) in [5.74, 6) is 1.01. The van der Waals surface area contributed by atoms with E-state index in [1.54, 1.807) is 0 Å². The van der Waals surface area contributed by atoms with Crippen molar-refractivity contribution in [2.75, 3.05) is 6.54 Å². The van der Waals surface area contributed by atoms with Gasteiger partial charge >= 0.3 is 0 Å². The SMILES string of the molecule is CCCNC(c1snnc1C)c1nccn1C. The lowest BCUT2D eigenvalue weighted by Crippen LogP contribution is -2.25. The van der Waals surface area contributed by atoms with Crippen LogP contribution in [0.2, 0.25) is 0 Å². The predicted octanol–water partition coefficient (Wildman–Crippen LogP) is 1.67. The summed E-state index contributed by atoms with van der Waals surface area (Å²) < 4.78 is 6.04. The molecular weight excluding hydrogens is 234 g/mol. The minimum absolute atomic E-state index is 0.0925. The van der Waals surface area contributed by atoms with E-state index in [0.29, 0.717) is 0 Å². The molecule has 0 fully saturated rings. The summed E-state index contributed by atoms with van der Waals surface area (Å²) in [4.78, 5) is 5.56. The highest BCUT2D eigenvalue weighted by Crippen LogP contribution is 2.25. The van der Waals surface area contributed by atoms with Crippen molar-refractivity contribution >= 4 is 11.5 Å². The molecule has 0 aliphatic heterocycles. The number of rotatable bonds is 5. The first-order chi connectivity index (χ1) is 8.24. The van der Waals surface area contributed by atoms with Crippen molar-refractivity contribution in [3.63, 3.8) is 0 Å². The Morgan fingerprint density at radius 1 is 1.53 bits per heavy atom. The van der Waals surface area contributed by atoms with Gasteiger partial charge in [0.2, 0.25) is 0 Å². The third-order valence-electron chi connectivity index (χ3n) is 2.66. The molecular formula is C11H17N5S. The van der Waals surface area contributed by atoms with E-state index in [1.165, 1.54) is 11.5 Å². The van der Waals surface area contributed by atoms with Crippen LogP contribution in [0, 0.1) is 6.92 Å². The van der Waals surface area contributed by atoms with E-state index in [0.717, 1.165) is 29.4 Å². The lowest BCUT2D eigenvalue weighted by molar-refractivity contribution is 0.559. The van der Waals surface area contributed by atoms with Crippen LogP contribution < -0.4 is 5.32 Å². The number of hydrogen-bond acceptors (Lipinski definition) is 5. The molecule has 92 valence electrons. The molecule has 0 amide bonds. The van der Waals surface area contributed by atoms with Gasteiger partial charge in [-0.05, 0) is 31.4 Å². The molecule has 0 aliphatic carbocycles. The van der Waals surface area contributed by atoms with Crippen LogP contribution in [0.25, 0.3) is 0 Å². The number of nitrogens with zero attached hydrogens (tertiary/aromatic N) is 4. The van der Waals surface area contributed by atoms with Crippen LogP contribution in [0.4, 0.5) is 0 Å². The molecule has 2 aromatic heterocycles. The molecule has 0 aromatic carbocycles. The third kappa shape index (κ3) is 2.53. The van der Waals surface area contributed by atoms with Crippen molar-refractivity contribution in [3.05, 3.63) is 28.8 Å². The molecule has 2 rings (SSSR count). The molecule has 0 saturated heterocycles. The number of aryl methyl sites for hydroxylation is 2. The number of imidazole rings is 1. The molecule has 1 atom stereocenters. The monoisotopic (exact) mass is 251 g/mol. The number of nitrogens with one attached hydrogen (secondary N) is 1. The van der Waals surface area contributed by atoms with Crippen molar-refractivity contribution in [1.82, 2.24) is 24.5 Å². The molecule has 1 unspecified atom stereocenters. The van der Waals surface area contributed by atoms with E-state index in [2.05, 4.69) is 26.8 Å². The van der Waals surface area contributed by atoms with Gasteiger partial charge in [-0.1, -0.05) is 11.4 Å². The van der Waals surface area contributed by atoms with Crippen molar-refractivity contribution in [2.24, 2.45) is 7.05 Å². The molecule has 5 nitrogen and oxygen atoms in total. The van der Waals surface area contributed by atoms with Gasteiger partial charge in [0, 0.05) is 19.4 Å². The van der Waals surface area contributed by atoms with Crippen LogP contribution in [0.1, 0.15) is 35.8 Å². The zero-order chi connectivity index (χ0) is 12.3. The van der Waals surface area contributed by atoms with Crippen LogP contribution >= 0.6 is 11.5 Å². The Bertz CT molecular complexity index is 435. The summed E-state index contributed by atoms with van der Waals surface area (Å²) >= 11 is 1.44. The second kappa shape index (κ2) is 5.37. The normalized spacial score (nSPS) is 12.9. The Morgan fingerprint density at radius 2 is 2.35 bits per heavy atom. The molecule has 2 heterocycles. The van der Waals surface area contributed by atoms with Gasteiger partial charge in [0.15, 0.2) is 0 Å². The first-order valence-corrected chi connectivity index (χ1v) is 6.50.